The minimum absolute atomic E-state index is 0.184. The molecule has 0 aromatic carbocycles. The first kappa shape index (κ1) is 14.1. The fourth-order valence-corrected chi connectivity index (χ4v) is 2.55. The van der Waals surface area contributed by atoms with Gasteiger partial charge in [-0.3, -0.25) is 0 Å². The molecule has 0 aliphatic rings. The van der Waals surface area contributed by atoms with E-state index in [1.54, 1.807) is 7.11 Å². The van der Waals surface area contributed by atoms with Gasteiger partial charge in [0.2, 0.25) is 5.65 Å². The third-order valence-corrected chi connectivity index (χ3v) is 4.00. The van der Waals surface area contributed by atoms with Crippen LogP contribution < -0.4 is 10.4 Å². The van der Waals surface area contributed by atoms with Gasteiger partial charge in [0.05, 0.1) is 11.8 Å². The van der Waals surface area contributed by atoms with Crippen LogP contribution in [0.25, 0.3) is 5.65 Å². The van der Waals surface area contributed by atoms with Gasteiger partial charge in [-0.15, -0.1) is 16.9 Å². The number of methoxy groups -OCH3 is 1. The molecule has 19 heavy (non-hydrogen) atoms. The summed E-state index contributed by atoms with van der Waals surface area (Å²) in [5.74, 6) is 0.767. The highest BCUT2D eigenvalue weighted by molar-refractivity contribution is 7.98. The van der Waals surface area contributed by atoms with Gasteiger partial charge in [0.25, 0.3) is 0 Å². The van der Waals surface area contributed by atoms with Gasteiger partial charge in [0.1, 0.15) is 17.3 Å². The van der Waals surface area contributed by atoms with Gasteiger partial charge in [0.15, 0.2) is 5.03 Å². The first-order valence-electron chi connectivity index (χ1n) is 5.15. The van der Waals surface area contributed by atoms with E-state index in [-0.39, 0.29) is 16.4 Å². The normalized spacial score (nSPS) is 12.9. The van der Waals surface area contributed by atoms with Crippen molar-refractivity contribution in [2.24, 2.45) is 0 Å². The van der Waals surface area contributed by atoms with Crippen LogP contribution in [-0.2, 0) is 21.6 Å². The summed E-state index contributed by atoms with van der Waals surface area (Å²) in [6.45, 7) is 0. The zero-order chi connectivity index (χ0) is 13.8. The molecule has 1 atom stereocenters. The van der Waals surface area contributed by atoms with E-state index in [0.717, 1.165) is 0 Å². The van der Waals surface area contributed by atoms with Gasteiger partial charge in [-0.25, -0.2) is 23.1 Å². The highest BCUT2D eigenvalue weighted by Gasteiger charge is 2.15. The number of rotatable bonds is 6. The molecule has 2 rings (SSSR count). The van der Waals surface area contributed by atoms with E-state index in [4.69, 9.17) is 4.74 Å². The van der Waals surface area contributed by atoms with Gasteiger partial charge < -0.3 is 4.74 Å². The summed E-state index contributed by atoms with van der Waals surface area (Å²) >= 11 is 1.38. The maximum absolute atomic E-state index is 12.1. The lowest BCUT2D eigenvalue weighted by molar-refractivity contribution is 0.258. The highest BCUT2D eigenvalue weighted by atomic mass is 32.2. The number of nitrogens with one attached hydrogen (secondary N) is 1. The number of thioether (sulfide) groups is 1. The smallest absolute Gasteiger partial charge is 0.353 e. The summed E-state index contributed by atoms with van der Waals surface area (Å²) in [6, 6.07) is 0. The van der Waals surface area contributed by atoms with E-state index in [2.05, 4.69) is 20.0 Å². The lowest BCUT2D eigenvalue weighted by Crippen LogP contribution is -2.29. The molecule has 0 saturated carbocycles. The van der Waals surface area contributed by atoms with Crippen molar-refractivity contribution in [1.29, 1.82) is 0 Å². The van der Waals surface area contributed by atoms with Crippen LogP contribution in [0.5, 0.6) is 0 Å². The summed E-state index contributed by atoms with van der Waals surface area (Å²) in [7, 11) is 1.58. The summed E-state index contributed by atoms with van der Waals surface area (Å²) in [6.07, 6.45) is 1.29. The van der Waals surface area contributed by atoms with Crippen molar-refractivity contribution < 1.29 is 8.95 Å². The molecule has 0 amide bonds. The number of aromatic nitrogens is 5. The van der Waals surface area contributed by atoms with Crippen molar-refractivity contribution >= 4 is 28.4 Å². The van der Waals surface area contributed by atoms with Gasteiger partial charge in [-0.05, 0) is 7.05 Å². The quantitative estimate of drug-likeness (QED) is 0.529. The van der Waals surface area contributed by atoms with Crippen molar-refractivity contribution in [3.05, 3.63) is 16.8 Å². The number of hydrogen-bond donors (Lipinski definition) is 1. The zero-order valence-corrected chi connectivity index (χ0v) is 11.9. The lowest BCUT2D eigenvalue weighted by Gasteiger charge is -2.03. The second-order valence-corrected chi connectivity index (χ2v) is 5.56. The Kier molecular flexibility index (Phi) is 4.63. The van der Waals surface area contributed by atoms with Crippen LogP contribution in [0.1, 0.15) is 0 Å². The molecule has 0 aliphatic heterocycles. The number of ether oxygens (including phenoxy) is 1. The van der Waals surface area contributed by atoms with E-state index in [1.165, 1.54) is 34.2 Å². The summed E-state index contributed by atoms with van der Waals surface area (Å²) in [5.41, 5.74) is -0.203. The molecule has 0 spiro atoms. The maximum atomic E-state index is 12.1. The molecular weight excluding hydrogens is 292 g/mol. The zero-order valence-electron chi connectivity index (χ0n) is 10.3. The summed E-state index contributed by atoms with van der Waals surface area (Å²) < 4.78 is 21.4. The molecule has 2 heterocycles. The van der Waals surface area contributed by atoms with E-state index in [1.807, 2.05) is 0 Å². The van der Waals surface area contributed by atoms with Crippen molar-refractivity contribution in [1.82, 2.24) is 29.1 Å². The number of fused-ring (bicyclic) bond motifs is 1. The Balaban J connectivity index is 2.38. The van der Waals surface area contributed by atoms with Gasteiger partial charge in [-0.2, -0.15) is 4.68 Å². The van der Waals surface area contributed by atoms with Crippen LogP contribution in [0, 0.1) is 0 Å². The first-order valence-corrected chi connectivity index (χ1v) is 7.46. The van der Waals surface area contributed by atoms with Crippen molar-refractivity contribution in [2.45, 2.75) is 10.9 Å². The van der Waals surface area contributed by atoms with Crippen molar-refractivity contribution in [3.8, 4) is 0 Å². The van der Waals surface area contributed by atoms with E-state index in [9.17, 15) is 9.00 Å². The fraction of sp³-hybridized carbons (Fsp3) is 0.500. The molecule has 0 fully saturated rings. The fourth-order valence-electron chi connectivity index (χ4n) is 1.33. The average Bonchev–Trinajstić information content (AvgIpc) is 2.85. The third kappa shape index (κ3) is 2.83. The van der Waals surface area contributed by atoms with Crippen LogP contribution in [0.4, 0.5) is 0 Å². The SMILES string of the molecule is CNS(=O)c1ncn2c(=O)n(CSCOC)nnc12. The third-order valence-electron chi connectivity index (χ3n) is 2.16. The molecule has 11 heteroatoms. The molecule has 0 aliphatic carbocycles. The average molecular weight is 304 g/mol. The van der Waals surface area contributed by atoms with Gasteiger partial charge in [-0.1, -0.05) is 5.21 Å². The number of imidazole rings is 1. The van der Waals surface area contributed by atoms with Gasteiger partial charge in [0, 0.05) is 7.11 Å². The second kappa shape index (κ2) is 6.23. The highest BCUT2D eigenvalue weighted by Crippen LogP contribution is 2.07. The molecule has 0 radical (unpaired) electrons. The van der Waals surface area contributed by atoms with Crippen LogP contribution in [0.15, 0.2) is 16.1 Å². The van der Waals surface area contributed by atoms with Crippen LogP contribution >= 0.6 is 11.8 Å². The Morgan fingerprint density at radius 3 is 3.05 bits per heavy atom. The topological polar surface area (TPSA) is 103 Å². The molecule has 0 saturated heterocycles. The molecule has 1 N–H and O–H groups in total. The van der Waals surface area contributed by atoms with Crippen LogP contribution in [-0.4, -0.2) is 48.7 Å². The Morgan fingerprint density at radius 2 is 2.37 bits per heavy atom. The molecule has 2 aromatic heterocycles. The van der Waals surface area contributed by atoms with Crippen LogP contribution in [0.3, 0.4) is 0 Å². The maximum Gasteiger partial charge on any atom is 0.353 e. The largest absolute Gasteiger partial charge is 0.374 e. The lowest BCUT2D eigenvalue weighted by atomic mass is 10.8. The molecule has 104 valence electrons. The predicted molar refractivity (Wildman–Crippen MR) is 70.0 cm³/mol. The van der Waals surface area contributed by atoms with E-state index >= 15 is 0 Å². The Labute approximate surface area is 114 Å². The van der Waals surface area contributed by atoms with E-state index < -0.39 is 11.0 Å². The second-order valence-electron chi connectivity index (χ2n) is 3.33. The first-order chi connectivity index (χ1) is 9.19. The number of hydrogen-bond acceptors (Lipinski definition) is 7. The van der Waals surface area contributed by atoms with Crippen molar-refractivity contribution in [3.63, 3.8) is 0 Å². The minimum atomic E-state index is -1.51. The Morgan fingerprint density at radius 1 is 1.58 bits per heavy atom. The Bertz CT molecular complexity index is 653. The molecular formula is C8H12N6O3S2. The Hall–Kier alpha value is -1.30. The predicted octanol–water partition coefficient (Wildman–Crippen LogP) is -1.18. The monoisotopic (exact) mass is 304 g/mol. The van der Waals surface area contributed by atoms with Crippen LogP contribution in [0.2, 0.25) is 0 Å². The minimum Gasteiger partial charge on any atom is -0.374 e. The summed E-state index contributed by atoms with van der Waals surface area (Å²) in [4.78, 5) is 16.0. The molecule has 1 unspecified atom stereocenters. The molecule has 9 nitrogen and oxygen atoms in total. The molecule has 0 bridgehead atoms. The standard InChI is InChI=1S/C8H12N6O3S2/c1-9-19(16)7-6-11-12-14(4-18-5-17-2)8(15)13(6)3-10-7/h3,9H,4-5H2,1-2H3. The summed E-state index contributed by atoms with van der Waals surface area (Å²) in [5, 5.41) is 7.84. The molecule has 2 aromatic rings. The van der Waals surface area contributed by atoms with Gasteiger partial charge >= 0.3 is 5.69 Å². The van der Waals surface area contributed by atoms with E-state index in [0.29, 0.717) is 11.8 Å². The number of nitrogens with zero attached hydrogens (tertiary/aromatic N) is 5. The van der Waals surface area contributed by atoms with Crippen molar-refractivity contribution in [2.75, 3.05) is 20.1 Å².